The Morgan fingerprint density at radius 3 is 2.58 bits per heavy atom. The number of alkyl halides is 3. The first-order chi connectivity index (χ1) is 12.3. The summed E-state index contributed by atoms with van der Waals surface area (Å²) < 4.78 is 44.6. The number of morpholine rings is 1. The molecule has 2 heterocycles. The molecule has 1 saturated heterocycles. The molecule has 0 bridgehead atoms. The lowest BCUT2D eigenvalue weighted by Gasteiger charge is -2.26. The number of hydrogen-bond acceptors (Lipinski definition) is 5. The van der Waals surface area contributed by atoms with Gasteiger partial charge in [0.1, 0.15) is 17.3 Å². The lowest BCUT2D eigenvalue weighted by molar-refractivity contribution is -0.136. The Labute approximate surface area is 148 Å². The highest BCUT2D eigenvalue weighted by Crippen LogP contribution is 2.35. The van der Waals surface area contributed by atoms with Gasteiger partial charge in [0.15, 0.2) is 0 Å². The number of halogens is 3. The molecule has 26 heavy (non-hydrogen) atoms. The first-order valence-electron chi connectivity index (χ1n) is 8.00. The van der Waals surface area contributed by atoms with Gasteiger partial charge in [-0.2, -0.15) is 13.2 Å². The fraction of sp³-hybridized carbons (Fsp3) is 0.353. The van der Waals surface area contributed by atoms with Crippen LogP contribution in [0.5, 0.6) is 0 Å². The van der Waals surface area contributed by atoms with E-state index in [1.807, 2.05) is 0 Å². The molecule has 0 spiro atoms. The van der Waals surface area contributed by atoms with Crippen LogP contribution in [-0.4, -0.2) is 47.1 Å². The van der Waals surface area contributed by atoms with Gasteiger partial charge >= 0.3 is 6.18 Å². The number of benzene rings is 1. The predicted octanol–water partition coefficient (Wildman–Crippen LogP) is 3.02. The first kappa shape index (κ1) is 18.1. The normalized spacial score (nSPS) is 15.0. The third-order valence-corrected chi connectivity index (χ3v) is 3.85. The monoisotopic (exact) mass is 366 g/mol. The molecule has 1 aromatic carbocycles. The fourth-order valence-electron chi connectivity index (χ4n) is 2.65. The van der Waals surface area contributed by atoms with Crippen molar-refractivity contribution in [2.75, 3.05) is 31.6 Å². The van der Waals surface area contributed by atoms with Crippen LogP contribution in [0.3, 0.4) is 0 Å². The summed E-state index contributed by atoms with van der Waals surface area (Å²) in [4.78, 5) is 22.4. The minimum Gasteiger partial charge on any atom is -0.378 e. The number of hydrogen-bond donors (Lipinski definition) is 1. The van der Waals surface area contributed by atoms with E-state index in [2.05, 4.69) is 15.3 Å². The molecule has 0 radical (unpaired) electrons. The maximum atomic E-state index is 13.1. The molecule has 1 aliphatic heterocycles. The Morgan fingerprint density at radius 1 is 1.19 bits per heavy atom. The van der Waals surface area contributed by atoms with Gasteiger partial charge in [-0.25, -0.2) is 9.97 Å². The van der Waals surface area contributed by atoms with Crippen molar-refractivity contribution in [2.45, 2.75) is 13.1 Å². The maximum Gasteiger partial charge on any atom is 0.418 e. The molecule has 1 aromatic heterocycles. The molecule has 0 unspecified atom stereocenters. The van der Waals surface area contributed by atoms with Crippen molar-refractivity contribution in [3.63, 3.8) is 0 Å². The maximum absolute atomic E-state index is 13.1. The third kappa shape index (κ3) is 4.10. The molecule has 0 atom stereocenters. The van der Waals surface area contributed by atoms with Crippen molar-refractivity contribution < 1.29 is 22.7 Å². The van der Waals surface area contributed by atoms with Gasteiger partial charge in [0.25, 0.3) is 5.91 Å². The molecule has 3 rings (SSSR count). The van der Waals surface area contributed by atoms with Crippen LogP contribution in [-0.2, 0) is 10.9 Å². The number of carbonyl (C=O) groups is 1. The molecule has 2 aromatic rings. The molecule has 0 saturated carbocycles. The Kier molecular flexibility index (Phi) is 5.08. The lowest BCUT2D eigenvalue weighted by Crippen LogP contribution is -2.41. The SMILES string of the molecule is Cc1nc(Nc2ccccc2C(F)(F)F)cc(C(=O)N2CCOCC2)n1. The Bertz CT molecular complexity index is 805. The predicted molar refractivity (Wildman–Crippen MR) is 88.2 cm³/mol. The zero-order valence-corrected chi connectivity index (χ0v) is 14.0. The quantitative estimate of drug-likeness (QED) is 0.905. The molecule has 1 amide bonds. The van der Waals surface area contributed by atoms with Gasteiger partial charge in [-0.05, 0) is 19.1 Å². The number of rotatable bonds is 3. The summed E-state index contributed by atoms with van der Waals surface area (Å²) in [6.45, 7) is 3.36. The molecule has 1 aliphatic rings. The number of anilines is 2. The number of aromatic nitrogens is 2. The van der Waals surface area contributed by atoms with Gasteiger partial charge in [-0.1, -0.05) is 12.1 Å². The number of nitrogens with one attached hydrogen (secondary N) is 1. The average molecular weight is 366 g/mol. The highest BCUT2D eigenvalue weighted by molar-refractivity contribution is 5.93. The molecule has 9 heteroatoms. The number of nitrogens with zero attached hydrogens (tertiary/aromatic N) is 3. The van der Waals surface area contributed by atoms with Crippen molar-refractivity contribution in [2.24, 2.45) is 0 Å². The average Bonchev–Trinajstić information content (AvgIpc) is 2.61. The number of para-hydroxylation sites is 1. The smallest absolute Gasteiger partial charge is 0.378 e. The van der Waals surface area contributed by atoms with Crippen LogP contribution in [0.2, 0.25) is 0 Å². The Hall–Kier alpha value is -2.68. The highest BCUT2D eigenvalue weighted by Gasteiger charge is 2.33. The number of carbonyl (C=O) groups excluding carboxylic acids is 1. The minimum absolute atomic E-state index is 0.130. The zero-order valence-electron chi connectivity index (χ0n) is 14.0. The standard InChI is InChI=1S/C17H17F3N4O2/c1-11-21-14(16(25)24-6-8-26-9-7-24)10-15(22-11)23-13-5-3-2-4-12(13)17(18,19)20/h2-5,10H,6-9H2,1H3,(H,21,22,23). The van der Waals surface area contributed by atoms with Crippen molar-refractivity contribution in [1.82, 2.24) is 14.9 Å². The molecule has 1 fully saturated rings. The summed E-state index contributed by atoms with van der Waals surface area (Å²) in [6.07, 6.45) is -4.50. The summed E-state index contributed by atoms with van der Waals surface area (Å²) in [5.41, 5.74) is -0.813. The summed E-state index contributed by atoms with van der Waals surface area (Å²) >= 11 is 0. The van der Waals surface area contributed by atoms with Gasteiger partial charge in [-0.15, -0.1) is 0 Å². The Morgan fingerprint density at radius 2 is 1.88 bits per heavy atom. The molecule has 1 N–H and O–H groups in total. The van der Waals surface area contributed by atoms with Crippen LogP contribution in [0.25, 0.3) is 0 Å². The van der Waals surface area contributed by atoms with Crippen molar-refractivity contribution in [3.8, 4) is 0 Å². The van der Waals surface area contributed by atoms with Gasteiger partial charge < -0.3 is 15.0 Å². The second-order valence-electron chi connectivity index (χ2n) is 5.76. The molecule has 138 valence electrons. The second kappa shape index (κ2) is 7.28. The van der Waals surface area contributed by atoms with Crippen LogP contribution in [0.4, 0.5) is 24.7 Å². The fourth-order valence-corrected chi connectivity index (χ4v) is 2.65. The van der Waals surface area contributed by atoms with Crippen LogP contribution in [0, 0.1) is 6.92 Å². The van der Waals surface area contributed by atoms with E-state index in [0.717, 1.165) is 6.07 Å². The summed E-state index contributed by atoms with van der Waals surface area (Å²) in [5.74, 6) is 0.118. The van der Waals surface area contributed by atoms with E-state index in [9.17, 15) is 18.0 Å². The largest absolute Gasteiger partial charge is 0.418 e. The van der Waals surface area contributed by atoms with Gasteiger partial charge in [0, 0.05) is 19.2 Å². The summed E-state index contributed by atoms with van der Waals surface area (Å²) in [6, 6.07) is 6.45. The first-order valence-corrected chi connectivity index (χ1v) is 8.00. The van der Waals surface area contributed by atoms with Crippen LogP contribution >= 0.6 is 0 Å². The van der Waals surface area contributed by atoms with Crippen molar-refractivity contribution >= 4 is 17.4 Å². The van der Waals surface area contributed by atoms with Crippen LogP contribution in [0.15, 0.2) is 30.3 Å². The molecular weight excluding hydrogens is 349 g/mol. The topological polar surface area (TPSA) is 67.4 Å². The third-order valence-electron chi connectivity index (χ3n) is 3.85. The summed E-state index contributed by atoms with van der Waals surface area (Å²) in [7, 11) is 0. The summed E-state index contributed by atoms with van der Waals surface area (Å²) in [5, 5.41) is 2.65. The molecular formula is C17H17F3N4O2. The molecule has 0 aliphatic carbocycles. The number of ether oxygens (including phenoxy) is 1. The van der Waals surface area contributed by atoms with Gasteiger partial charge in [0.2, 0.25) is 0 Å². The van der Waals surface area contributed by atoms with Gasteiger partial charge in [-0.3, -0.25) is 4.79 Å². The number of aryl methyl sites for hydroxylation is 1. The van der Waals surface area contributed by atoms with E-state index in [-0.39, 0.29) is 28.9 Å². The van der Waals surface area contributed by atoms with E-state index < -0.39 is 11.7 Å². The van der Waals surface area contributed by atoms with E-state index >= 15 is 0 Å². The van der Waals surface area contributed by atoms with E-state index in [0.29, 0.717) is 26.3 Å². The van der Waals surface area contributed by atoms with Gasteiger partial charge in [0.05, 0.1) is 24.5 Å². The Balaban J connectivity index is 1.88. The van der Waals surface area contributed by atoms with Crippen LogP contribution < -0.4 is 5.32 Å². The zero-order chi connectivity index (χ0) is 18.7. The van der Waals surface area contributed by atoms with E-state index in [4.69, 9.17) is 4.74 Å². The lowest BCUT2D eigenvalue weighted by atomic mass is 10.1. The number of amides is 1. The van der Waals surface area contributed by atoms with E-state index in [1.54, 1.807) is 11.8 Å². The highest BCUT2D eigenvalue weighted by atomic mass is 19.4. The van der Waals surface area contributed by atoms with E-state index in [1.165, 1.54) is 24.3 Å². The second-order valence-corrected chi connectivity index (χ2v) is 5.76. The van der Waals surface area contributed by atoms with Crippen molar-refractivity contribution in [1.29, 1.82) is 0 Å². The minimum atomic E-state index is -4.50. The van der Waals surface area contributed by atoms with Crippen LogP contribution in [0.1, 0.15) is 21.9 Å². The van der Waals surface area contributed by atoms with Crippen molar-refractivity contribution in [3.05, 3.63) is 47.4 Å². The molecule has 6 nitrogen and oxygen atoms in total.